The Morgan fingerprint density at radius 3 is 3.00 bits per heavy atom. The molecule has 0 spiro atoms. The van der Waals surface area contributed by atoms with E-state index in [1.807, 2.05) is 0 Å². The van der Waals surface area contributed by atoms with E-state index in [-0.39, 0.29) is 12.6 Å². The Morgan fingerprint density at radius 2 is 2.30 bits per heavy atom. The number of hydrogen-bond acceptors (Lipinski definition) is 3. The minimum atomic E-state index is -0.978. The molecule has 2 amide bonds. The van der Waals surface area contributed by atoms with Crippen molar-refractivity contribution in [3.05, 3.63) is 24.0 Å². The van der Waals surface area contributed by atoms with Crippen LogP contribution >= 0.6 is 0 Å². The Labute approximate surface area is 116 Å². The van der Waals surface area contributed by atoms with Gasteiger partial charge in [-0.25, -0.2) is 4.79 Å². The summed E-state index contributed by atoms with van der Waals surface area (Å²) in [5.74, 6) is -0.978. The minimum absolute atomic E-state index is 0.225. The Kier molecular flexibility index (Phi) is 4.75. The highest BCUT2D eigenvalue weighted by atomic mass is 16.4. The van der Waals surface area contributed by atoms with Gasteiger partial charge in [-0.1, -0.05) is 11.6 Å². The molecule has 0 aromatic carbocycles. The predicted octanol–water partition coefficient (Wildman–Crippen LogP) is 1.59. The van der Waals surface area contributed by atoms with Gasteiger partial charge in [-0.3, -0.25) is 9.48 Å². The maximum atomic E-state index is 11.6. The first-order valence-electron chi connectivity index (χ1n) is 6.60. The molecule has 0 saturated carbocycles. The molecule has 0 saturated heterocycles. The second kappa shape index (κ2) is 6.74. The lowest BCUT2D eigenvalue weighted by molar-refractivity contribution is -0.137. The molecule has 7 heteroatoms. The molecule has 20 heavy (non-hydrogen) atoms. The van der Waals surface area contributed by atoms with Gasteiger partial charge in [-0.05, 0) is 25.7 Å². The molecule has 0 radical (unpaired) electrons. The van der Waals surface area contributed by atoms with Crippen molar-refractivity contribution in [2.45, 2.75) is 32.2 Å². The average molecular weight is 278 g/mol. The van der Waals surface area contributed by atoms with Crippen LogP contribution in [0.2, 0.25) is 0 Å². The van der Waals surface area contributed by atoms with Crippen LogP contribution in [0.5, 0.6) is 0 Å². The lowest BCUT2D eigenvalue weighted by atomic mass is 10.2. The number of aliphatic carboxylic acids is 1. The average Bonchev–Trinajstić information content (AvgIpc) is 3.00. The van der Waals surface area contributed by atoms with Gasteiger partial charge < -0.3 is 15.7 Å². The van der Waals surface area contributed by atoms with Gasteiger partial charge in [-0.15, -0.1) is 0 Å². The highest BCUT2D eigenvalue weighted by Gasteiger charge is 2.07. The number of carboxylic acids is 1. The first kappa shape index (κ1) is 14.1. The predicted molar refractivity (Wildman–Crippen MR) is 73.4 cm³/mol. The fourth-order valence-corrected chi connectivity index (χ4v) is 2.13. The SMILES string of the molecule is O=C(O)Cn1cc(NC(=O)NCCC2=CCCC2)cn1. The summed E-state index contributed by atoms with van der Waals surface area (Å²) in [7, 11) is 0. The summed E-state index contributed by atoms with van der Waals surface area (Å²) >= 11 is 0. The zero-order chi connectivity index (χ0) is 14.4. The van der Waals surface area contributed by atoms with Crippen LogP contribution in [-0.4, -0.2) is 33.4 Å². The number of anilines is 1. The Morgan fingerprint density at radius 1 is 1.45 bits per heavy atom. The van der Waals surface area contributed by atoms with E-state index in [1.165, 1.54) is 29.1 Å². The highest BCUT2D eigenvalue weighted by molar-refractivity contribution is 5.88. The third kappa shape index (κ3) is 4.42. The van der Waals surface area contributed by atoms with Crippen LogP contribution in [0.15, 0.2) is 24.0 Å². The number of carboxylic acid groups (broad SMARTS) is 1. The third-order valence-electron chi connectivity index (χ3n) is 3.06. The molecule has 1 heterocycles. The van der Waals surface area contributed by atoms with Crippen LogP contribution < -0.4 is 10.6 Å². The first-order chi connectivity index (χ1) is 9.63. The summed E-state index contributed by atoms with van der Waals surface area (Å²) in [6, 6.07) is -0.307. The van der Waals surface area contributed by atoms with Crippen molar-refractivity contribution < 1.29 is 14.7 Å². The number of urea groups is 1. The molecule has 2 rings (SSSR count). The molecule has 108 valence electrons. The molecule has 0 atom stereocenters. The summed E-state index contributed by atoms with van der Waals surface area (Å²) < 4.78 is 1.25. The number of aromatic nitrogens is 2. The molecule has 7 nitrogen and oxygen atoms in total. The zero-order valence-electron chi connectivity index (χ0n) is 11.1. The van der Waals surface area contributed by atoms with Gasteiger partial charge in [0, 0.05) is 12.7 Å². The number of hydrogen-bond donors (Lipinski definition) is 3. The number of nitrogens with zero attached hydrogens (tertiary/aromatic N) is 2. The lowest BCUT2D eigenvalue weighted by Gasteiger charge is -2.06. The maximum Gasteiger partial charge on any atom is 0.325 e. The molecular formula is C13H18N4O3. The molecule has 0 fully saturated rings. The standard InChI is InChI=1S/C13H18N4O3/c18-12(19)9-17-8-11(7-15-17)16-13(20)14-6-5-10-3-1-2-4-10/h3,7-8H,1-2,4-6,9H2,(H,18,19)(H2,14,16,20). The number of allylic oxidation sites excluding steroid dienone is 1. The number of amides is 2. The summed E-state index contributed by atoms with van der Waals surface area (Å²) in [6.45, 7) is 0.373. The van der Waals surface area contributed by atoms with E-state index in [1.54, 1.807) is 0 Å². The monoisotopic (exact) mass is 278 g/mol. The van der Waals surface area contributed by atoms with E-state index >= 15 is 0 Å². The fourth-order valence-electron chi connectivity index (χ4n) is 2.13. The van der Waals surface area contributed by atoms with Crippen LogP contribution in [0.25, 0.3) is 0 Å². The van der Waals surface area contributed by atoms with Crippen molar-refractivity contribution in [2.24, 2.45) is 0 Å². The van der Waals surface area contributed by atoms with Crippen molar-refractivity contribution in [3.8, 4) is 0 Å². The van der Waals surface area contributed by atoms with Crippen molar-refractivity contribution in [3.63, 3.8) is 0 Å². The largest absolute Gasteiger partial charge is 0.480 e. The smallest absolute Gasteiger partial charge is 0.325 e. The van der Waals surface area contributed by atoms with Gasteiger partial charge in [0.05, 0.1) is 11.9 Å². The van der Waals surface area contributed by atoms with Crippen LogP contribution in [-0.2, 0) is 11.3 Å². The summed E-state index contributed by atoms with van der Waals surface area (Å²) in [4.78, 5) is 22.1. The molecule has 1 aromatic heterocycles. The van der Waals surface area contributed by atoms with Gasteiger partial charge in [0.1, 0.15) is 6.54 Å². The van der Waals surface area contributed by atoms with E-state index in [2.05, 4.69) is 21.8 Å². The van der Waals surface area contributed by atoms with Crippen molar-refractivity contribution in [1.82, 2.24) is 15.1 Å². The zero-order valence-corrected chi connectivity index (χ0v) is 11.1. The number of carbonyl (C=O) groups is 2. The normalized spacial score (nSPS) is 13.9. The summed E-state index contributed by atoms with van der Waals surface area (Å²) in [6.07, 6.45) is 9.50. The Balaban J connectivity index is 1.70. The maximum absolute atomic E-state index is 11.6. The molecule has 0 unspecified atom stereocenters. The topological polar surface area (TPSA) is 96.2 Å². The van der Waals surface area contributed by atoms with Crippen LogP contribution in [0.1, 0.15) is 25.7 Å². The van der Waals surface area contributed by atoms with Crippen molar-refractivity contribution in [2.75, 3.05) is 11.9 Å². The highest BCUT2D eigenvalue weighted by Crippen LogP contribution is 2.19. The first-order valence-corrected chi connectivity index (χ1v) is 6.60. The summed E-state index contributed by atoms with van der Waals surface area (Å²) in [5, 5.41) is 17.8. The van der Waals surface area contributed by atoms with Gasteiger partial charge in [0.2, 0.25) is 0 Å². The quantitative estimate of drug-likeness (QED) is 0.688. The van der Waals surface area contributed by atoms with Gasteiger partial charge in [0.15, 0.2) is 0 Å². The van der Waals surface area contributed by atoms with E-state index in [0.717, 1.165) is 19.3 Å². The molecule has 3 N–H and O–H groups in total. The minimum Gasteiger partial charge on any atom is -0.480 e. The number of carbonyl (C=O) groups excluding carboxylic acids is 1. The van der Waals surface area contributed by atoms with Gasteiger partial charge in [0.25, 0.3) is 0 Å². The van der Waals surface area contributed by atoms with Crippen LogP contribution in [0.4, 0.5) is 10.5 Å². The van der Waals surface area contributed by atoms with Crippen molar-refractivity contribution >= 4 is 17.7 Å². The molecular weight excluding hydrogens is 260 g/mol. The van der Waals surface area contributed by atoms with Crippen LogP contribution in [0, 0.1) is 0 Å². The van der Waals surface area contributed by atoms with Gasteiger partial charge in [-0.2, -0.15) is 5.10 Å². The Bertz CT molecular complexity index is 521. The summed E-state index contributed by atoms with van der Waals surface area (Å²) in [5.41, 5.74) is 1.88. The Hall–Kier alpha value is -2.31. The lowest BCUT2D eigenvalue weighted by Crippen LogP contribution is -2.29. The van der Waals surface area contributed by atoms with E-state index in [9.17, 15) is 9.59 Å². The molecule has 1 aliphatic carbocycles. The van der Waals surface area contributed by atoms with Crippen LogP contribution in [0.3, 0.4) is 0 Å². The second-order valence-electron chi connectivity index (χ2n) is 4.71. The fraction of sp³-hybridized carbons (Fsp3) is 0.462. The van der Waals surface area contributed by atoms with E-state index in [0.29, 0.717) is 12.2 Å². The molecule has 1 aromatic rings. The van der Waals surface area contributed by atoms with Crippen molar-refractivity contribution in [1.29, 1.82) is 0 Å². The van der Waals surface area contributed by atoms with Gasteiger partial charge >= 0.3 is 12.0 Å². The number of rotatable bonds is 6. The van der Waals surface area contributed by atoms with E-state index < -0.39 is 5.97 Å². The third-order valence-corrected chi connectivity index (χ3v) is 3.06. The van der Waals surface area contributed by atoms with E-state index in [4.69, 9.17) is 5.11 Å². The molecule has 0 aliphatic heterocycles. The molecule has 1 aliphatic rings. The number of nitrogens with one attached hydrogen (secondary N) is 2. The molecule has 0 bridgehead atoms. The second-order valence-corrected chi connectivity index (χ2v) is 4.71.